The van der Waals surface area contributed by atoms with Gasteiger partial charge in [-0.25, -0.2) is 13.2 Å². The Bertz CT molecular complexity index is 848. The molecule has 1 saturated carbocycles. The van der Waals surface area contributed by atoms with Gasteiger partial charge >= 0.3 is 6.09 Å². The molecule has 33 heavy (non-hydrogen) atoms. The lowest BCUT2D eigenvalue weighted by Gasteiger charge is -2.21. The van der Waals surface area contributed by atoms with Gasteiger partial charge in [0.05, 0.1) is 10.5 Å². The molecule has 5 nitrogen and oxygen atoms in total. The van der Waals surface area contributed by atoms with E-state index in [9.17, 15) is 13.2 Å². The van der Waals surface area contributed by atoms with E-state index in [1.165, 1.54) is 11.1 Å². The van der Waals surface area contributed by atoms with Gasteiger partial charge in [-0.3, -0.25) is 0 Å². The fraction of sp³-hybridized carbons (Fsp3) is 0.741. The lowest BCUT2D eigenvalue weighted by molar-refractivity contribution is 0.0505. The van der Waals surface area contributed by atoms with Gasteiger partial charge in [0.2, 0.25) is 0 Å². The van der Waals surface area contributed by atoms with Crippen LogP contribution in [-0.2, 0) is 21.0 Å². The summed E-state index contributed by atoms with van der Waals surface area (Å²) in [5, 5.41) is 3.02. The zero-order chi connectivity index (χ0) is 24.7. The number of hydrogen-bond acceptors (Lipinski definition) is 4. The van der Waals surface area contributed by atoms with Crippen molar-refractivity contribution in [1.82, 2.24) is 5.32 Å². The van der Waals surface area contributed by atoms with Gasteiger partial charge in [-0.2, -0.15) is 0 Å². The summed E-state index contributed by atoms with van der Waals surface area (Å²) in [5.41, 5.74) is 2.24. The van der Waals surface area contributed by atoms with E-state index < -0.39 is 20.2 Å². The number of sulfone groups is 1. The van der Waals surface area contributed by atoms with Crippen molar-refractivity contribution in [3.05, 3.63) is 35.4 Å². The van der Waals surface area contributed by atoms with Gasteiger partial charge in [0.1, 0.15) is 5.60 Å². The molecule has 1 aromatic rings. The van der Waals surface area contributed by atoms with Crippen LogP contribution in [0.1, 0.15) is 110 Å². The van der Waals surface area contributed by atoms with Gasteiger partial charge in [-0.1, -0.05) is 43.5 Å². The highest BCUT2D eigenvalue weighted by molar-refractivity contribution is 7.92. The monoisotopic (exact) mass is 479 g/mol. The molecule has 0 spiro atoms. The predicted octanol–water partition coefficient (Wildman–Crippen LogP) is 6.55. The molecule has 0 radical (unpaired) electrons. The minimum absolute atomic E-state index is 0.183. The Morgan fingerprint density at radius 1 is 0.939 bits per heavy atom. The first-order valence-electron chi connectivity index (χ1n) is 12.6. The summed E-state index contributed by atoms with van der Waals surface area (Å²) < 4.78 is 29.0. The number of ether oxygens (including phenoxy) is 1. The maximum Gasteiger partial charge on any atom is 0.407 e. The first-order valence-corrected chi connectivity index (χ1v) is 14.2. The number of nitrogens with one attached hydrogen (secondary N) is 1. The van der Waals surface area contributed by atoms with Crippen LogP contribution in [0.2, 0.25) is 0 Å². The molecular weight excluding hydrogens is 434 g/mol. The van der Waals surface area contributed by atoms with Crippen LogP contribution in [0.25, 0.3) is 0 Å². The van der Waals surface area contributed by atoms with Crippen LogP contribution < -0.4 is 5.32 Å². The highest BCUT2D eigenvalue weighted by Crippen LogP contribution is 2.34. The van der Waals surface area contributed by atoms with E-state index in [0.29, 0.717) is 11.7 Å². The molecule has 188 valence electrons. The van der Waals surface area contributed by atoms with Gasteiger partial charge in [0.15, 0.2) is 9.84 Å². The minimum atomic E-state index is -2.99. The standard InChI is InChI=1S/C27H45NO4S/c1-26(2,3)32-25(29)28-24-18-17-23(20-24)22-15-13-21(14-16-22)12-10-8-7-9-11-19-33(30,31)27(4,5)6/h13-16,23-24H,7-12,17-20H2,1-6H3,(H,28,29). The molecule has 0 heterocycles. The van der Waals surface area contributed by atoms with Crippen molar-refractivity contribution in [2.75, 3.05) is 5.75 Å². The topological polar surface area (TPSA) is 72.5 Å². The van der Waals surface area contributed by atoms with Crippen LogP contribution in [0.5, 0.6) is 0 Å². The van der Waals surface area contributed by atoms with Gasteiger partial charge in [0.25, 0.3) is 0 Å². The quantitative estimate of drug-likeness (QED) is 0.386. The molecule has 2 rings (SSSR count). The van der Waals surface area contributed by atoms with Crippen molar-refractivity contribution in [3.63, 3.8) is 0 Å². The average molecular weight is 480 g/mol. The van der Waals surface area contributed by atoms with E-state index in [4.69, 9.17) is 4.74 Å². The Labute approximate surface area is 202 Å². The van der Waals surface area contributed by atoms with Gasteiger partial charge < -0.3 is 10.1 Å². The molecule has 6 heteroatoms. The molecule has 0 aromatic heterocycles. The molecule has 1 N–H and O–H groups in total. The summed E-state index contributed by atoms with van der Waals surface area (Å²) in [4.78, 5) is 12.0. The van der Waals surface area contributed by atoms with Crippen molar-refractivity contribution in [3.8, 4) is 0 Å². The van der Waals surface area contributed by atoms with Crippen LogP contribution in [0.3, 0.4) is 0 Å². The van der Waals surface area contributed by atoms with Crippen LogP contribution in [-0.4, -0.2) is 36.7 Å². The van der Waals surface area contributed by atoms with Crippen LogP contribution >= 0.6 is 0 Å². The normalized spacial score (nSPS) is 19.5. The van der Waals surface area contributed by atoms with E-state index in [-0.39, 0.29) is 12.1 Å². The summed E-state index contributed by atoms with van der Waals surface area (Å²) in [6, 6.07) is 9.14. The maximum absolute atomic E-state index is 12.1. The molecule has 2 atom stereocenters. The highest BCUT2D eigenvalue weighted by Gasteiger charge is 2.29. The molecule has 1 aliphatic carbocycles. The average Bonchev–Trinajstić information content (AvgIpc) is 3.13. The Kier molecular flexibility index (Phi) is 9.83. The van der Waals surface area contributed by atoms with Crippen molar-refractivity contribution in [1.29, 1.82) is 0 Å². The number of carbonyl (C=O) groups excluding carboxylic acids is 1. The molecule has 0 bridgehead atoms. The summed E-state index contributed by atoms with van der Waals surface area (Å²) in [5.74, 6) is 0.788. The zero-order valence-corrected chi connectivity index (χ0v) is 22.4. The van der Waals surface area contributed by atoms with E-state index in [0.717, 1.165) is 57.8 Å². The molecule has 1 amide bonds. The van der Waals surface area contributed by atoms with Crippen molar-refractivity contribution in [2.45, 2.75) is 122 Å². The number of alkyl carbamates (subject to hydrolysis) is 1. The van der Waals surface area contributed by atoms with Crippen LogP contribution in [0, 0.1) is 0 Å². The van der Waals surface area contributed by atoms with Crippen LogP contribution in [0.15, 0.2) is 24.3 Å². The number of carbonyl (C=O) groups is 1. The molecular formula is C27H45NO4S. The fourth-order valence-corrected chi connectivity index (χ4v) is 5.50. The third-order valence-electron chi connectivity index (χ3n) is 6.42. The summed E-state index contributed by atoms with van der Waals surface area (Å²) in [6.45, 7) is 11.0. The lowest BCUT2D eigenvalue weighted by Crippen LogP contribution is -2.37. The SMILES string of the molecule is CC(C)(C)OC(=O)NC1CCC(c2ccc(CCCCCCCS(=O)(=O)C(C)(C)C)cc2)C1. The summed E-state index contributed by atoms with van der Waals surface area (Å²) >= 11 is 0. The van der Waals surface area contributed by atoms with Crippen LogP contribution in [0.4, 0.5) is 4.79 Å². The smallest absolute Gasteiger partial charge is 0.407 e. The van der Waals surface area contributed by atoms with E-state index in [2.05, 4.69) is 29.6 Å². The van der Waals surface area contributed by atoms with Gasteiger partial charge in [-0.05, 0) is 97.1 Å². The minimum Gasteiger partial charge on any atom is -0.444 e. The summed E-state index contributed by atoms with van der Waals surface area (Å²) in [6.07, 6.45) is 8.89. The second-order valence-corrected chi connectivity index (χ2v) is 14.4. The van der Waals surface area contributed by atoms with Crippen molar-refractivity contribution >= 4 is 15.9 Å². The fourth-order valence-electron chi connectivity index (χ4n) is 4.30. The maximum atomic E-state index is 12.1. The number of aryl methyl sites for hydroxylation is 1. The van der Waals surface area contributed by atoms with Crippen molar-refractivity contribution in [2.24, 2.45) is 0 Å². The van der Waals surface area contributed by atoms with E-state index in [1.807, 2.05) is 20.8 Å². The van der Waals surface area contributed by atoms with E-state index >= 15 is 0 Å². The Morgan fingerprint density at radius 2 is 1.55 bits per heavy atom. The largest absolute Gasteiger partial charge is 0.444 e. The first-order chi connectivity index (χ1) is 15.3. The molecule has 1 aliphatic rings. The Hall–Kier alpha value is -1.56. The number of unbranched alkanes of at least 4 members (excludes halogenated alkanes) is 4. The third kappa shape index (κ3) is 9.68. The second kappa shape index (κ2) is 11.7. The number of rotatable bonds is 10. The van der Waals surface area contributed by atoms with Crippen molar-refractivity contribution < 1.29 is 17.9 Å². The second-order valence-electron chi connectivity index (χ2n) is 11.5. The number of hydrogen-bond donors (Lipinski definition) is 1. The molecule has 0 aliphatic heterocycles. The lowest BCUT2D eigenvalue weighted by atomic mass is 9.95. The zero-order valence-electron chi connectivity index (χ0n) is 21.6. The van der Waals surface area contributed by atoms with Gasteiger partial charge in [-0.15, -0.1) is 0 Å². The predicted molar refractivity (Wildman–Crippen MR) is 137 cm³/mol. The highest BCUT2D eigenvalue weighted by atomic mass is 32.2. The Morgan fingerprint density at radius 3 is 2.15 bits per heavy atom. The molecule has 1 fully saturated rings. The van der Waals surface area contributed by atoms with Gasteiger partial charge in [0, 0.05) is 6.04 Å². The van der Waals surface area contributed by atoms with E-state index in [1.54, 1.807) is 20.8 Å². The number of benzene rings is 1. The third-order valence-corrected chi connectivity index (χ3v) is 9.11. The molecule has 0 saturated heterocycles. The summed E-state index contributed by atoms with van der Waals surface area (Å²) in [7, 11) is -2.99. The number of amides is 1. The Balaban J connectivity index is 1.65. The first kappa shape index (κ1) is 27.7. The molecule has 1 aromatic carbocycles. The molecule has 2 unspecified atom stereocenters.